The number of ether oxygens (including phenoxy) is 1. The van der Waals surface area contributed by atoms with E-state index < -0.39 is 0 Å². The Bertz CT molecular complexity index is 323. The lowest BCUT2D eigenvalue weighted by atomic mass is 10.0. The maximum absolute atomic E-state index is 5.29. The largest absolute Gasteiger partial charge is 0.497 e. The van der Waals surface area contributed by atoms with Crippen molar-refractivity contribution in [2.24, 2.45) is 0 Å². The zero-order chi connectivity index (χ0) is 12.5. The summed E-state index contributed by atoms with van der Waals surface area (Å²) >= 11 is 0. The number of hydrogen-bond donors (Lipinski definition) is 1. The van der Waals surface area contributed by atoms with Gasteiger partial charge in [-0.05, 0) is 49.1 Å². The summed E-state index contributed by atoms with van der Waals surface area (Å²) in [5, 5.41) is 3.46. The molecule has 2 nitrogen and oxygen atoms in total. The van der Waals surface area contributed by atoms with Crippen molar-refractivity contribution < 1.29 is 4.74 Å². The molecule has 0 amide bonds. The maximum Gasteiger partial charge on any atom is 0.119 e. The molecule has 0 aliphatic heterocycles. The van der Waals surface area contributed by atoms with Gasteiger partial charge in [-0.2, -0.15) is 0 Å². The number of benzene rings is 1. The van der Waals surface area contributed by atoms with Gasteiger partial charge >= 0.3 is 0 Å². The van der Waals surface area contributed by atoms with Crippen LogP contribution in [-0.4, -0.2) is 13.7 Å². The first-order valence-corrected chi connectivity index (χ1v) is 6.68. The monoisotopic (exact) mass is 235 g/mol. The molecule has 1 aromatic carbocycles. The molecule has 0 heterocycles. The number of nitrogens with one attached hydrogen (secondary N) is 1. The molecule has 2 heteroatoms. The summed E-state index contributed by atoms with van der Waals surface area (Å²) in [6, 6.07) is 6.43. The summed E-state index contributed by atoms with van der Waals surface area (Å²) in [6.45, 7) is 6.45. The minimum atomic E-state index is 0.948. The molecule has 0 aliphatic rings. The topological polar surface area (TPSA) is 21.3 Å². The molecule has 0 saturated carbocycles. The van der Waals surface area contributed by atoms with Crippen LogP contribution in [0.3, 0.4) is 0 Å². The van der Waals surface area contributed by atoms with E-state index in [1.807, 2.05) is 0 Å². The molecule has 0 unspecified atom stereocenters. The second-order valence-electron chi connectivity index (χ2n) is 4.41. The fourth-order valence-corrected chi connectivity index (χ4v) is 1.90. The average molecular weight is 235 g/mol. The molecule has 1 N–H and O–H groups in total. The standard InChI is InChI=1S/C15H25NO/c1-4-6-7-13-8-9-15(17-3)11-14(13)12-16-10-5-2/h8-9,11,16H,4-7,10,12H2,1-3H3. The van der Waals surface area contributed by atoms with Crippen molar-refractivity contribution in [3.8, 4) is 5.75 Å². The van der Waals surface area contributed by atoms with Crippen molar-refractivity contribution in [3.63, 3.8) is 0 Å². The molecular formula is C15H25NO. The smallest absolute Gasteiger partial charge is 0.119 e. The molecule has 0 saturated heterocycles. The predicted molar refractivity (Wildman–Crippen MR) is 73.6 cm³/mol. The summed E-state index contributed by atoms with van der Waals surface area (Å²) in [4.78, 5) is 0. The molecular weight excluding hydrogens is 210 g/mol. The summed E-state index contributed by atoms with van der Waals surface area (Å²) in [5.41, 5.74) is 2.84. The molecule has 0 aliphatic carbocycles. The molecule has 1 rings (SSSR count). The Kier molecular flexibility index (Phi) is 6.71. The van der Waals surface area contributed by atoms with E-state index in [1.165, 1.54) is 36.8 Å². The highest BCUT2D eigenvalue weighted by Gasteiger charge is 2.04. The minimum Gasteiger partial charge on any atom is -0.497 e. The molecule has 0 spiro atoms. The lowest BCUT2D eigenvalue weighted by Gasteiger charge is -2.12. The van der Waals surface area contributed by atoms with Gasteiger partial charge in [0.25, 0.3) is 0 Å². The van der Waals surface area contributed by atoms with E-state index in [2.05, 4.69) is 37.4 Å². The molecule has 0 radical (unpaired) electrons. The molecule has 0 bridgehead atoms. The van der Waals surface area contributed by atoms with Gasteiger partial charge in [-0.25, -0.2) is 0 Å². The summed E-state index contributed by atoms with van der Waals surface area (Å²) in [7, 11) is 1.73. The lowest BCUT2D eigenvalue weighted by Crippen LogP contribution is -2.15. The van der Waals surface area contributed by atoms with Crippen LogP contribution in [-0.2, 0) is 13.0 Å². The molecule has 0 aromatic heterocycles. The van der Waals surface area contributed by atoms with Crippen LogP contribution in [0.1, 0.15) is 44.2 Å². The number of rotatable bonds is 8. The van der Waals surface area contributed by atoms with Crippen LogP contribution in [0.15, 0.2) is 18.2 Å². The molecule has 96 valence electrons. The number of methoxy groups -OCH3 is 1. The highest BCUT2D eigenvalue weighted by Crippen LogP contribution is 2.19. The number of unbranched alkanes of at least 4 members (excludes halogenated alkanes) is 1. The average Bonchev–Trinajstić information content (AvgIpc) is 2.37. The van der Waals surface area contributed by atoms with E-state index in [-0.39, 0.29) is 0 Å². The summed E-state index contributed by atoms with van der Waals surface area (Å²) in [6.07, 6.45) is 4.85. The zero-order valence-corrected chi connectivity index (χ0v) is 11.4. The fraction of sp³-hybridized carbons (Fsp3) is 0.600. The highest BCUT2D eigenvalue weighted by atomic mass is 16.5. The van der Waals surface area contributed by atoms with Crippen LogP contribution in [0.25, 0.3) is 0 Å². The second kappa shape index (κ2) is 8.13. The first-order chi connectivity index (χ1) is 8.31. The maximum atomic E-state index is 5.29. The molecule has 0 atom stereocenters. The third-order valence-electron chi connectivity index (χ3n) is 2.96. The van der Waals surface area contributed by atoms with Gasteiger partial charge in [-0.3, -0.25) is 0 Å². The van der Waals surface area contributed by atoms with E-state index >= 15 is 0 Å². The van der Waals surface area contributed by atoms with E-state index in [4.69, 9.17) is 4.74 Å². The van der Waals surface area contributed by atoms with Crippen molar-refractivity contribution in [3.05, 3.63) is 29.3 Å². The Hall–Kier alpha value is -1.02. The first-order valence-electron chi connectivity index (χ1n) is 6.68. The van der Waals surface area contributed by atoms with Gasteiger partial charge in [0.2, 0.25) is 0 Å². The Morgan fingerprint density at radius 3 is 2.59 bits per heavy atom. The quantitative estimate of drug-likeness (QED) is 0.696. The Labute approximate surface area is 105 Å². The third kappa shape index (κ3) is 4.78. The van der Waals surface area contributed by atoms with Crippen LogP contribution in [0.4, 0.5) is 0 Å². The normalized spacial score (nSPS) is 10.5. The zero-order valence-electron chi connectivity index (χ0n) is 11.4. The van der Waals surface area contributed by atoms with E-state index in [1.54, 1.807) is 7.11 Å². The van der Waals surface area contributed by atoms with Gasteiger partial charge in [-0.1, -0.05) is 26.3 Å². The van der Waals surface area contributed by atoms with Crippen LogP contribution >= 0.6 is 0 Å². The van der Waals surface area contributed by atoms with Gasteiger partial charge in [0.15, 0.2) is 0 Å². The van der Waals surface area contributed by atoms with Crippen LogP contribution in [0, 0.1) is 0 Å². The Balaban J connectivity index is 2.71. The van der Waals surface area contributed by atoms with Crippen molar-refractivity contribution in [2.45, 2.75) is 46.1 Å². The van der Waals surface area contributed by atoms with Gasteiger partial charge < -0.3 is 10.1 Å². The van der Waals surface area contributed by atoms with E-state index in [9.17, 15) is 0 Å². The SMILES string of the molecule is CCCCc1ccc(OC)cc1CNCCC. The number of hydrogen-bond acceptors (Lipinski definition) is 2. The number of aryl methyl sites for hydroxylation is 1. The second-order valence-corrected chi connectivity index (χ2v) is 4.41. The minimum absolute atomic E-state index is 0.948. The van der Waals surface area contributed by atoms with Crippen molar-refractivity contribution in [1.29, 1.82) is 0 Å². The fourth-order valence-electron chi connectivity index (χ4n) is 1.90. The molecule has 1 aromatic rings. The van der Waals surface area contributed by atoms with Crippen molar-refractivity contribution in [2.75, 3.05) is 13.7 Å². The van der Waals surface area contributed by atoms with Crippen LogP contribution in [0.5, 0.6) is 5.75 Å². The van der Waals surface area contributed by atoms with E-state index in [0.29, 0.717) is 0 Å². The van der Waals surface area contributed by atoms with Crippen LogP contribution in [0.2, 0.25) is 0 Å². The van der Waals surface area contributed by atoms with Crippen molar-refractivity contribution >= 4 is 0 Å². The summed E-state index contributed by atoms with van der Waals surface area (Å²) < 4.78 is 5.29. The van der Waals surface area contributed by atoms with Gasteiger partial charge in [0, 0.05) is 6.54 Å². The van der Waals surface area contributed by atoms with Gasteiger partial charge in [0.05, 0.1) is 7.11 Å². The van der Waals surface area contributed by atoms with Gasteiger partial charge in [-0.15, -0.1) is 0 Å². The molecule has 17 heavy (non-hydrogen) atoms. The Morgan fingerprint density at radius 1 is 1.12 bits per heavy atom. The van der Waals surface area contributed by atoms with E-state index in [0.717, 1.165) is 18.8 Å². The first kappa shape index (κ1) is 14.0. The summed E-state index contributed by atoms with van der Waals surface area (Å²) in [5.74, 6) is 0.957. The highest BCUT2D eigenvalue weighted by molar-refractivity contribution is 5.35. The van der Waals surface area contributed by atoms with Crippen LogP contribution < -0.4 is 10.1 Å². The third-order valence-corrected chi connectivity index (χ3v) is 2.96. The molecule has 0 fully saturated rings. The Morgan fingerprint density at radius 2 is 1.94 bits per heavy atom. The van der Waals surface area contributed by atoms with Gasteiger partial charge in [0.1, 0.15) is 5.75 Å². The van der Waals surface area contributed by atoms with Crippen molar-refractivity contribution in [1.82, 2.24) is 5.32 Å². The predicted octanol–water partition coefficient (Wildman–Crippen LogP) is 3.54. The lowest BCUT2D eigenvalue weighted by molar-refractivity contribution is 0.413.